The highest BCUT2D eigenvalue weighted by Crippen LogP contribution is 1.91. The number of rotatable bonds is 5. The molecule has 1 atom stereocenters. The molecule has 0 spiro atoms. The molecule has 0 aromatic rings. The summed E-state index contributed by atoms with van der Waals surface area (Å²) < 4.78 is 5.31. The number of nitrogens with zero attached hydrogens (tertiary/aromatic N) is 1. The first-order valence-corrected chi connectivity index (χ1v) is 3.94. The highest BCUT2D eigenvalue weighted by atomic mass is 16.5. The molecule has 0 aliphatic rings. The number of ether oxygens (including phenoxy) is 1. The van der Waals surface area contributed by atoms with E-state index in [2.05, 4.69) is 4.99 Å². The van der Waals surface area contributed by atoms with Crippen molar-refractivity contribution in [1.82, 2.24) is 0 Å². The maximum atomic E-state index is 5.69. The average Bonchev–Trinajstić information content (AvgIpc) is 1.97. The van der Waals surface area contributed by atoms with E-state index < -0.39 is 0 Å². The Morgan fingerprint density at radius 3 is 2.64 bits per heavy atom. The molecule has 0 aromatic heterocycles. The number of nitrogens with two attached hydrogens (primary N) is 1. The molecule has 1 unspecified atom stereocenters. The molecule has 0 amide bonds. The normalized spacial score (nSPS) is 14.6. The van der Waals surface area contributed by atoms with E-state index in [1.54, 1.807) is 7.05 Å². The fraction of sp³-hybridized carbons (Fsp3) is 0.875. The molecule has 3 heteroatoms. The highest BCUT2D eigenvalue weighted by Gasteiger charge is 2.01. The second kappa shape index (κ2) is 6.31. The van der Waals surface area contributed by atoms with Crippen LogP contribution in [0.5, 0.6) is 0 Å². The van der Waals surface area contributed by atoms with Crippen molar-refractivity contribution < 1.29 is 4.74 Å². The highest BCUT2D eigenvalue weighted by molar-refractivity contribution is 5.57. The van der Waals surface area contributed by atoms with E-state index in [4.69, 9.17) is 10.5 Å². The van der Waals surface area contributed by atoms with Crippen LogP contribution in [0.4, 0.5) is 0 Å². The molecule has 0 aromatic carbocycles. The Labute approximate surface area is 68.6 Å². The minimum absolute atomic E-state index is 0.0844. The summed E-state index contributed by atoms with van der Waals surface area (Å²) in [6, 6.07) is 0.0844. The van der Waals surface area contributed by atoms with E-state index in [1.165, 1.54) is 0 Å². The minimum atomic E-state index is 0.0844. The molecule has 0 saturated heterocycles. The van der Waals surface area contributed by atoms with E-state index in [-0.39, 0.29) is 12.1 Å². The molecule has 0 fully saturated rings. The van der Waals surface area contributed by atoms with Crippen molar-refractivity contribution in [2.24, 2.45) is 10.7 Å². The van der Waals surface area contributed by atoms with Gasteiger partial charge in [-0.3, -0.25) is 0 Å². The van der Waals surface area contributed by atoms with Crippen LogP contribution in [0.3, 0.4) is 0 Å². The maximum absolute atomic E-state index is 5.69. The Bertz CT molecular complexity index is 113. The Hall–Kier alpha value is -0.410. The van der Waals surface area contributed by atoms with Gasteiger partial charge in [0.2, 0.25) is 0 Å². The van der Waals surface area contributed by atoms with Crippen molar-refractivity contribution in [3.05, 3.63) is 0 Å². The average molecular weight is 158 g/mol. The van der Waals surface area contributed by atoms with Crippen molar-refractivity contribution in [1.29, 1.82) is 0 Å². The summed E-state index contributed by atoms with van der Waals surface area (Å²) in [5, 5.41) is 0. The van der Waals surface area contributed by atoms with E-state index in [0.717, 1.165) is 6.42 Å². The summed E-state index contributed by atoms with van der Waals surface area (Å²) in [4.78, 5) is 3.84. The first-order chi connectivity index (χ1) is 5.16. The lowest BCUT2D eigenvalue weighted by Crippen LogP contribution is -2.28. The van der Waals surface area contributed by atoms with Crippen LogP contribution in [0.2, 0.25) is 0 Å². The van der Waals surface area contributed by atoms with Crippen LogP contribution in [0.1, 0.15) is 20.3 Å². The predicted molar refractivity (Wildman–Crippen MR) is 48.1 cm³/mol. The molecular weight excluding hydrogens is 140 g/mol. The topological polar surface area (TPSA) is 47.6 Å². The van der Waals surface area contributed by atoms with Crippen LogP contribution in [0, 0.1) is 0 Å². The van der Waals surface area contributed by atoms with Gasteiger partial charge in [0.05, 0.1) is 12.7 Å². The Kier molecular flexibility index (Phi) is 6.07. The van der Waals surface area contributed by atoms with Gasteiger partial charge in [0, 0.05) is 13.1 Å². The molecule has 0 saturated carbocycles. The van der Waals surface area contributed by atoms with Gasteiger partial charge in [-0.25, -0.2) is 0 Å². The SMILES string of the molecule is CN=CCC(N)COC(C)C. The molecule has 3 nitrogen and oxygen atoms in total. The van der Waals surface area contributed by atoms with Gasteiger partial charge in [0.15, 0.2) is 0 Å². The van der Waals surface area contributed by atoms with Crippen LogP contribution < -0.4 is 5.73 Å². The molecule has 66 valence electrons. The summed E-state index contributed by atoms with van der Waals surface area (Å²) in [6.07, 6.45) is 2.87. The smallest absolute Gasteiger partial charge is 0.0624 e. The lowest BCUT2D eigenvalue weighted by molar-refractivity contribution is 0.0696. The van der Waals surface area contributed by atoms with E-state index in [1.807, 2.05) is 20.1 Å². The molecule has 2 N–H and O–H groups in total. The van der Waals surface area contributed by atoms with Gasteiger partial charge in [-0.05, 0) is 26.5 Å². The Balaban J connectivity index is 3.29. The van der Waals surface area contributed by atoms with E-state index in [9.17, 15) is 0 Å². The summed E-state index contributed by atoms with van der Waals surface area (Å²) in [5.74, 6) is 0. The van der Waals surface area contributed by atoms with Gasteiger partial charge in [-0.1, -0.05) is 0 Å². The fourth-order valence-electron chi connectivity index (χ4n) is 0.625. The zero-order valence-corrected chi connectivity index (χ0v) is 7.58. The molecule has 0 aliphatic carbocycles. The Morgan fingerprint density at radius 1 is 1.55 bits per heavy atom. The largest absolute Gasteiger partial charge is 0.377 e. The molecule has 0 bridgehead atoms. The van der Waals surface area contributed by atoms with E-state index in [0.29, 0.717) is 6.61 Å². The predicted octanol–water partition coefficient (Wildman–Crippen LogP) is 0.829. The van der Waals surface area contributed by atoms with Gasteiger partial charge < -0.3 is 15.5 Å². The molecule has 11 heavy (non-hydrogen) atoms. The Morgan fingerprint density at radius 2 is 2.18 bits per heavy atom. The fourth-order valence-corrected chi connectivity index (χ4v) is 0.625. The van der Waals surface area contributed by atoms with Gasteiger partial charge in [0.25, 0.3) is 0 Å². The molecule has 0 rings (SSSR count). The van der Waals surface area contributed by atoms with Gasteiger partial charge in [-0.2, -0.15) is 0 Å². The number of hydrogen-bond donors (Lipinski definition) is 1. The minimum Gasteiger partial charge on any atom is -0.377 e. The number of aliphatic imine (C=N–C) groups is 1. The van der Waals surface area contributed by atoms with E-state index >= 15 is 0 Å². The molecule has 0 heterocycles. The third-order valence-electron chi connectivity index (χ3n) is 1.23. The quantitative estimate of drug-likeness (QED) is 0.602. The zero-order valence-electron chi connectivity index (χ0n) is 7.58. The van der Waals surface area contributed by atoms with Crippen LogP contribution in [0.25, 0.3) is 0 Å². The summed E-state index contributed by atoms with van der Waals surface area (Å²) in [6.45, 7) is 4.62. The third-order valence-corrected chi connectivity index (χ3v) is 1.23. The van der Waals surface area contributed by atoms with Crippen LogP contribution in [-0.4, -0.2) is 32.0 Å². The summed E-state index contributed by atoms with van der Waals surface area (Å²) in [5.41, 5.74) is 5.69. The van der Waals surface area contributed by atoms with Gasteiger partial charge in [-0.15, -0.1) is 0 Å². The van der Waals surface area contributed by atoms with Crippen LogP contribution in [-0.2, 0) is 4.74 Å². The van der Waals surface area contributed by atoms with Crippen molar-refractivity contribution in [3.8, 4) is 0 Å². The van der Waals surface area contributed by atoms with Gasteiger partial charge in [0.1, 0.15) is 0 Å². The van der Waals surface area contributed by atoms with Gasteiger partial charge >= 0.3 is 0 Å². The lowest BCUT2D eigenvalue weighted by Gasteiger charge is -2.11. The third kappa shape index (κ3) is 7.49. The monoisotopic (exact) mass is 158 g/mol. The number of hydrogen-bond acceptors (Lipinski definition) is 3. The standard InChI is InChI=1S/C8H18N2O/c1-7(2)11-6-8(9)4-5-10-3/h5,7-8H,4,6,9H2,1-3H3. The van der Waals surface area contributed by atoms with Crippen LogP contribution in [0.15, 0.2) is 4.99 Å². The second-order valence-corrected chi connectivity index (χ2v) is 2.82. The second-order valence-electron chi connectivity index (χ2n) is 2.82. The van der Waals surface area contributed by atoms with Crippen molar-refractivity contribution in [2.75, 3.05) is 13.7 Å². The van der Waals surface area contributed by atoms with Crippen molar-refractivity contribution in [3.63, 3.8) is 0 Å². The first-order valence-electron chi connectivity index (χ1n) is 3.94. The molecule has 0 aliphatic heterocycles. The van der Waals surface area contributed by atoms with Crippen molar-refractivity contribution in [2.45, 2.75) is 32.4 Å². The maximum Gasteiger partial charge on any atom is 0.0624 e. The van der Waals surface area contributed by atoms with Crippen LogP contribution >= 0.6 is 0 Å². The molecule has 0 radical (unpaired) electrons. The summed E-state index contributed by atoms with van der Waals surface area (Å²) >= 11 is 0. The molecular formula is C8H18N2O. The lowest BCUT2D eigenvalue weighted by atomic mass is 10.2. The first kappa shape index (κ1) is 10.6. The summed E-state index contributed by atoms with van der Waals surface area (Å²) in [7, 11) is 1.75. The van der Waals surface area contributed by atoms with Crippen molar-refractivity contribution >= 4 is 6.21 Å². The zero-order chi connectivity index (χ0) is 8.69.